The van der Waals surface area contributed by atoms with Crippen LogP contribution in [0.15, 0.2) is 83.3 Å². The second-order valence-corrected chi connectivity index (χ2v) is 8.74. The van der Waals surface area contributed by atoms with E-state index in [0.717, 1.165) is 28.8 Å². The number of ether oxygens (including phenoxy) is 2. The molecule has 0 aliphatic heterocycles. The van der Waals surface area contributed by atoms with Gasteiger partial charge in [0.25, 0.3) is 6.01 Å². The molecule has 3 aromatic carbocycles. The van der Waals surface area contributed by atoms with Crippen molar-refractivity contribution in [1.82, 2.24) is 4.98 Å². The number of para-hydroxylation sites is 4. The summed E-state index contributed by atoms with van der Waals surface area (Å²) in [7, 11) is 0. The Morgan fingerprint density at radius 3 is 2.46 bits per heavy atom. The summed E-state index contributed by atoms with van der Waals surface area (Å²) in [6.07, 6.45) is 1.50. The van der Waals surface area contributed by atoms with Crippen LogP contribution in [0, 0.1) is 0 Å². The van der Waals surface area contributed by atoms with E-state index in [-0.39, 0.29) is 0 Å². The van der Waals surface area contributed by atoms with Crippen molar-refractivity contribution in [2.45, 2.75) is 32.3 Å². The van der Waals surface area contributed by atoms with Crippen molar-refractivity contribution >= 4 is 23.1 Å². The molecule has 0 saturated heterocycles. The second-order valence-electron chi connectivity index (χ2n) is 8.74. The van der Waals surface area contributed by atoms with Gasteiger partial charge < -0.3 is 23.9 Å². The van der Waals surface area contributed by atoms with E-state index >= 15 is 0 Å². The summed E-state index contributed by atoms with van der Waals surface area (Å²) in [5.41, 5.74) is 1.20. The first-order chi connectivity index (χ1) is 16.9. The Hall–Kier alpha value is -4.00. The van der Waals surface area contributed by atoms with Crippen LogP contribution < -0.4 is 14.4 Å². The summed E-state index contributed by atoms with van der Waals surface area (Å²) in [4.78, 5) is 18.3. The summed E-state index contributed by atoms with van der Waals surface area (Å²) < 4.78 is 17.8. The van der Waals surface area contributed by atoms with Gasteiger partial charge in [-0.3, -0.25) is 0 Å². The topological polar surface area (TPSA) is 85.0 Å². The van der Waals surface area contributed by atoms with E-state index in [1.165, 1.54) is 0 Å². The minimum Gasteiger partial charge on any atom is -0.492 e. The zero-order valence-corrected chi connectivity index (χ0v) is 20.0. The summed E-state index contributed by atoms with van der Waals surface area (Å²) in [6, 6.07) is 25.5. The van der Waals surface area contributed by atoms with Crippen molar-refractivity contribution in [2.24, 2.45) is 0 Å². The molecule has 0 aliphatic rings. The van der Waals surface area contributed by atoms with Crippen LogP contribution >= 0.6 is 0 Å². The molecular weight excluding hydrogens is 444 g/mol. The van der Waals surface area contributed by atoms with Crippen molar-refractivity contribution in [3.8, 4) is 11.5 Å². The van der Waals surface area contributed by atoms with Crippen LogP contribution in [-0.4, -0.2) is 41.4 Å². The molecular formula is C28H30N2O5. The van der Waals surface area contributed by atoms with Crippen molar-refractivity contribution < 1.29 is 23.8 Å². The smallest absolute Gasteiger partial charge is 0.347 e. The predicted octanol–water partition coefficient (Wildman–Crippen LogP) is 5.59. The van der Waals surface area contributed by atoms with Crippen molar-refractivity contribution in [3.63, 3.8) is 0 Å². The number of aryl methyl sites for hydroxylation is 1. The molecule has 4 rings (SSSR count). The number of hydrogen-bond acceptors (Lipinski definition) is 6. The zero-order chi connectivity index (χ0) is 24.7. The third-order valence-electron chi connectivity index (χ3n) is 5.65. The number of anilines is 1. The van der Waals surface area contributed by atoms with Crippen LogP contribution in [0.1, 0.15) is 25.8 Å². The molecule has 182 valence electrons. The third kappa shape index (κ3) is 6.32. The number of oxazole rings is 1. The molecule has 1 heterocycles. The standard InChI is InChI=1S/C28H30N2O5/c1-28(2,26(31)32)35-24-16-8-6-11-21(24)12-10-18-30(19-20-33-22-13-4-3-5-14-22)27-29-23-15-7-9-17-25(23)34-27/h3-9,11,13-17H,10,12,18-20H2,1-2H3,(H,31,32). The maximum Gasteiger partial charge on any atom is 0.347 e. The van der Waals surface area contributed by atoms with Gasteiger partial charge in [0.1, 0.15) is 23.6 Å². The van der Waals surface area contributed by atoms with Gasteiger partial charge in [-0.2, -0.15) is 4.98 Å². The van der Waals surface area contributed by atoms with Crippen molar-refractivity contribution in [3.05, 3.63) is 84.4 Å². The number of fused-ring (bicyclic) bond motifs is 1. The van der Waals surface area contributed by atoms with Crippen LogP contribution in [-0.2, 0) is 11.2 Å². The molecule has 0 fully saturated rings. The normalized spacial score (nSPS) is 11.4. The first kappa shape index (κ1) is 24.1. The molecule has 7 heteroatoms. The minimum absolute atomic E-state index is 0.481. The lowest BCUT2D eigenvalue weighted by Crippen LogP contribution is -2.38. The highest BCUT2D eigenvalue weighted by Crippen LogP contribution is 2.26. The maximum atomic E-state index is 11.5. The van der Waals surface area contributed by atoms with Crippen molar-refractivity contribution in [2.75, 3.05) is 24.6 Å². The first-order valence-corrected chi connectivity index (χ1v) is 11.7. The quantitative estimate of drug-likeness (QED) is 0.287. The molecule has 35 heavy (non-hydrogen) atoms. The molecule has 0 saturated carbocycles. The third-order valence-corrected chi connectivity index (χ3v) is 5.65. The van der Waals surface area contributed by atoms with Gasteiger partial charge in [-0.25, -0.2) is 4.79 Å². The lowest BCUT2D eigenvalue weighted by Gasteiger charge is -2.24. The molecule has 1 N–H and O–H groups in total. The number of carbonyl (C=O) groups is 1. The Morgan fingerprint density at radius 1 is 0.971 bits per heavy atom. The van der Waals surface area contributed by atoms with E-state index in [1.807, 2.05) is 78.9 Å². The Bertz CT molecular complexity index is 1220. The average molecular weight is 475 g/mol. The molecule has 0 bridgehead atoms. The zero-order valence-electron chi connectivity index (χ0n) is 20.0. The van der Waals surface area contributed by atoms with Gasteiger partial charge >= 0.3 is 5.97 Å². The minimum atomic E-state index is -1.31. The number of carboxylic acids is 1. The Morgan fingerprint density at radius 2 is 1.69 bits per heavy atom. The molecule has 0 atom stereocenters. The lowest BCUT2D eigenvalue weighted by molar-refractivity contribution is -0.152. The Kier molecular flexibility index (Phi) is 7.55. The van der Waals surface area contributed by atoms with Crippen molar-refractivity contribution in [1.29, 1.82) is 0 Å². The molecule has 0 aliphatic carbocycles. The van der Waals surface area contributed by atoms with Crippen LogP contribution in [0.4, 0.5) is 6.01 Å². The van der Waals surface area contributed by atoms with Gasteiger partial charge in [-0.1, -0.05) is 48.5 Å². The highest BCUT2D eigenvalue weighted by Gasteiger charge is 2.30. The van der Waals surface area contributed by atoms with Crippen LogP contribution in [0.5, 0.6) is 11.5 Å². The molecule has 0 amide bonds. The highest BCUT2D eigenvalue weighted by molar-refractivity contribution is 5.77. The molecule has 0 spiro atoms. The fourth-order valence-corrected chi connectivity index (χ4v) is 3.68. The van der Waals surface area contributed by atoms with E-state index < -0.39 is 11.6 Å². The van der Waals surface area contributed by atoms with Gasteiger partial charge in [0, 0.05) is 6.54 Å². The van der Waals surface area contributed by atoms with E-state index in [0.29, 0.717) is 37.9 Å². The number of carboxylic acid groups (broad SMARTS) is 1. The van der Waals surface area contributed by atoms with E-state index in [1.54, 1.807) is 13.8 Å². The highest BCUT2D eigenvalue weighted by atomic mass is 16.5. The molecule has 0 radical (unpaired) electrons. The average Bonchev–Trinajstić information content (AvgIpc) is 3.29. The fourth-order valence-electron chi connectivity index (χ4n) is 3.68. The van der Waals surface area contributed by atoms with E-state index in [4.69, 9.17) is 13.9 Å². The number of rotatable bonds is 12. The molecule has 7 nitrogen and oxygen atoms in total. The summed E-state index contributed by atoms with van der Waals surface area (Å²) >= 11 is 0. The fraction of sp³-hybridized carbons (Fsp3) is 0.286. The first-order valence-electron chi connectivity index (χ1n) is 11.7. The van der Waals surface area contributed by atoms with E-state index in [9.17, 15) is 9.90 Å². The summed E-state index contributed by atoms with van der Waals surface area (Å²) in [5.74, 6) is 0.394. The number of hydrogen-bond donors (Lipinski definition) is 1. The van der Waals surface area contributed by atoms with Crippen LogP contribution in [0.25, 0.3) is 11.1 Å². The Balaban J connectivity index is 1.44. The lowest BCUT2D eigenvalue weighted by atomic mass is 10.1. The van der Waals surface area contributed by atoms with Gasteiger partial charge in [-0.05, 0) is 62.6 Å². The second kappa shape index (κ2) is 11.0. The number of aliphatic carboxylic acids is 1. The van der Waals surface area contributed by atoms with Gasteiger partial charge in [-0.15, -0.1) is 0 Å². The number of aromatic nitrogens is 1. The SMILES string of the molecule is CC(C)(Oc1ccccc1CCCN(CCOc1ccccc1)c1nc2ccccc2o1)C(=O)O. The van der Waals surface area contributed by atoms with Gasteiger partial charge in [0.05, 0.1) is 6.54 Å². The molecule has 4 aromatic rings. The molecule has 0 unspecified atom stereocenters. The molecule has 1 aromatic heterocycles. The van der Waals surface area contributed by atoms with E-state index in [2.05, 4.69) is 9.88 Å². The van der Waals surface area contributed by atoms with Crippen LogP contribution in [0.2, 0.25) is 0 Å². The summed E-state index contributed by atoms with van der Waals surface area (Å²) in [6.45, 7) is 4.87. The number of benzene rings is 3. The van der Waals surface area contributed by atoms with Gasteiger partial charge in [0.2, 0.25) is 0 Å². The monoisotopic (exact) mass is 474 g/mol. The maximum absolute atomic E-state index is 11.5. The van der Waals surface area contributed by atoms with Crippen LogP contribution in [0.3, 0.4) is 0 Å². The Labute approximate surface area is 204 Å². The largest absolute Gasteiger partial charge is 0.492 e. The van der Waals surface area contributed by atoms with Gasteiger partial charge in [0.15, 0.2) is 11.2 Å². The number of nitrogens with zero attached hydrogens (tertiary/aromatic N) is 2. The predicted molar refractivity (Wildman–Crippen MR) is 135 cm³/mol. The summed E-state index contributed by atoms with van der Waals surface area (Å²) in [5, 5.41) is 9.43.